The lowest BCUT2D eigenvalue weighted by atomic mass is 9.96. The van der Waals surface area contributed by atoms with Crippen molar-refractivity contribution in [3.8, 4) is 22.3 Å². The first-order chi connectivity index (χ1) is 13.7. The van der Waals surface area contributed by atoms with Crippen molar-refractivity contribution >= 4 is 34.1 Å². The lowest BCUT2D eigenvalue weighted by Gasteiger charge is -2.12. The van der Waals surface area contributed by atoms with E-state index in [1.807, 2.05) is 54.6 Å². The number of halogens is 1. The third-order valence-corrected chi connectivity index (χ3v) is 4.75. The Morgan fingerprint density at radius 3 is 2.68 bits per heavy atom. The van der Waals surface area contributed by atoms with Gasteiger partial charge in [0, 0.05) is 33.4 Å². The fraction of sp³-hybridized carbons (Fsp3) is 0. The molecule has 0 aliphatic heterocycles. The molecule has 0 bridgehead atoms. The van der Waals surface area contributed by atoms with E-state index in [4.69, 9.17) is 11.6 Å². The number of hydrogen-bond donors (Lipinski definition) is 1. The topological polar surface area (TPSA) is 54.9 Å². The zero-order valence-corrected chi connectivity index (χ0v) is 15.6. The van der Waals surface area contributed by atoms with Gasteiger partial charge < -0.3 is 5.32 Å². The summed E-state index contributed by atoms with van der Waals surface area (Å²) in [5.74, 6) is -0.255. The summed E-state index contributed by atoms with van der Waals surface area (Å²) in [6.07, 6.45) is 4.56. The Bertz CT molecular complexity index is 1200. The molecule has 0 fully saturated rings. The van der Waals surface area contributed by atoms with Crippen molar-refractivity contribution in [3.05, 3.63) is 90.9 Å². The Morgan fingerprint density at radius 1 is 1.00 bits per heavy atom. The Kier molecular flexibility index (Phi) is 4.87. The number of nitrogens with one attached hydrogen (secondary N) is 1. The van der Waals surface area contributed by atoms with E-state index in [9.17, 15) is 4.79 Å². The summed E-state index contributed by atoms with van der Waals surface area (Å²) in [5.41, 5.74) is 5.30. The monoisotopic (exact) mass is 385 g/mol. The smallest absolute Gasteiger partial charge is 0.247 e. The Balaban J connectivity index is 1.91. The first-order valence-corrected chi connectivity index (χ1v) is 9.06. The standard InChI is InChI=1S/C23H16ClN3O/c1-2-22(28)27-18-7-5-6-15(11-18)20-12-16(19-8-3-4-9-21(19)24)10-17-13-25-14-26-23(17)20/h2-14H,1H2,(H,27,28). The molecule has 1 N–H and O–H groups in total. The van der Waals surface area contributed by atoms with Crippen molar-refractivity contribution in [2.75, 3.05) is 5.32 Å². The van der Waals surface area contributed by atoms with Gasteiger partial charge in [0.15, 0.2) is 0 Å². The van der Waals surface area contributed by atoms with Gasteiger partial charge >= 0.3 is 0 Å². The Labute approximate surface area is 167 Å². The van der Waals surface area contributed by atoms with E-state index in [0.29, 0.717) is 10.7 Å². The van der Waals surface area contributed by atoms with E-state index in [0.717, 1.165) is 33.2 Å². The quantitative estimate of drug-likeness (QED) is 0.455. The highest BCUT2D eigenvalue weighted by molar-refractivity contribution is 6.33. The van der Waals surface area contributed by atoms with E-state index in [1.54, 1.807) is 6.20 Å². The number of amides is 1. The van der Waals surface area contributed by atoms with Gasteiger partial charge in [-0.3, -0.25) is 4.79 Å². The number of carbonyl (C=O) groups excluding carboxylic acids is 1. The minimum Gasteiger partial charge on any atom is -0.323 e. The third kappa shape index (κ3) is 3.50. The van der Waals surface area contributed by atoms with Gasteiger partial charge in [-0.1, -0.05) is 48.5 Å². The number of carbonyl (C=O) groups is 1. The molecule has 1 heterocycles. The molecule has 4 aromatic rings. The highest BCUT2D eigenvalue weighted by atomic mass is 35.5. The van der Waals surface area contributed by atoms with Gasteiger partial charge in [0.25, 0.3) is 0 Å². The lowest BCUT2D eigenvalue weighted by Crippen LogP contribution is -2.07. The molecular formula is C23H16ClN3O. The summed E-state index contributed by atoms with van der Waals surface area (Å²) in [5, 5.41) is 4.38. The second-order valence-corrected chi connectivity index (χ2v) is 6.65. The van der Waals surface area contributed by atoms with Crippen molar-refractivity contribution in [1.29, 1.82) is 0 Å². The van der Waals surface area contributed by atoms with Crippen LogP contribution in [0.5, 0.6) is 0 Å². The maximum Gasteiger partial charge on any atom is 0.247 e. The average Bonchev–Trinajstić information content (AvgIpc) is 2.73. The molecule has 0 saturated heterocycles. The maximum absolute atomic E-state index is 11.7. The SMILES string of the molecule is C=CC(=O)Nc1cccc(-c2cc(-c3ccccc3Cl)cc3cncnc23)c1. The molecule has 1 amide bonds. The second kappa shape index (κ2) is 7.62. The van der Waals surface area contributed by atoms with Crippen molar-refractivity contribution in [3.63, 3.8) is 0 Å². The van der Waals surface area contributed by atoms with Crippen molar-refractivity contribution < 1.29 is 4.79 Å². The summed E-state index contributed by atoms with van der Waals surface area (Å²) < 4.78 is 0. The molecule has 0 radical (unpaired) electrons. The van der Waals surface area contributed by atoms with Crippen LogP contribution in [0.4, 0.5) is 5.69 Å². The van der Waals surface area contributed by atoms with Gasteiger partial charge in [-0.25, -0.2) is 9.97 Å². The number of hydrogen-bond acceptors (Lipinski definition) is 3. The number of benzene rings is 3. The number of anilines is 1. The molecule has 4 nitrogen and oxygen atoms in total. The van der Waals surface area contributed by atoms with Crippen LogP contribution in [0.25, 0.3) is 33.2 Å². The molecule has 0 atom stereocenters. The molecule has 28 heavy (non-hydrogen) atoms. The summed E-state index contributed by atoms with van der Waals surface area (Å²) >= 11 is 6.42. The van der Waals surface area contributed by atoms with Gasteiger partial charge in [-0.2, -0.15) is 0 Å². The van der Waals surface area contributed by atoms with Crippen LogP contribution in [-0.4, -0.2) is 15.9 Å². The molecule has 3 aromatic carbocycles. The molecule has 0 aliphatic carbocycles. The molecule has 4 rings (SSSR count). The minimum atomic E-state index is -0.255. The largest absolute Gasteiger partial charge is 0.323 e. The number of fused-ring (bicyclic) bond motifs is 1. The summed E-state index contributed by atoms with van der Waals surface area (Å²) in [6, 6.07) is 19.4. The third-order valence-electron chi connectivity index (χ3n) is 4.42. The van der Waals surface area contributed by atoms with Gasteiger partial charge in [-0.05, 0) is 47.5 Å². The second-order valence-electron chi connectivity index (χ2n) is 6.24. The van der Waals surface area contributed by atoms with E-state index < -0.39 is 0 Å². The van der Waals surface area contributed by atoms with Crippen molar-refractivity contribution in [1.82, 2.24) is 9.97 Å². The van der Waals surface area contributed by atoms with Gasteiger partial charge in [0.1, 0.15) is 6.33 Å². The Morgan fingerprint density at radius 2 is 1.86 bits per heavy atom. The van der Waals surface area contributed by atoms with E-state index in [1.165, 1.54) is 12.4 Å². The van der Waals surface area contributed by atoms with Gasteiger partial charge in [0.05, 0.1) is 5.52 Å². The fourth-order valence-electron chi connectivity index (χ4n) is 3.13. The van der Waals surface area contributed by atoms with Crippen LogP contribution in [0, 0.1) is 0 Å². The van der Waals surface area contributed by atoms with Crippen molar-refractivity contribution in [2.24, 2.45) is 0 Å². The minimum absolute atomic E-state index is 0.255. The average molecular weight is 386 g/mol. The van der Waals surface area contributed by atoms with Gasteiger partial charge in [-0.15, -0.1) is 0 Å². The first-order valence-electron chi connectivity index (χ1n) is 8.68. The molecule has 5 heteroatoms. The predicted octanol–water partition coefficient (Wildman–Crippen LogP) is 5.74. The zero-order chi connectivity index (χ0) is 19.5. The summed E-state index contributed by atoms with van der Waals surface area (Å²) in [4.78, 5) is 20.3. The Hall–Kier alpha value is -3.50. The first kappa shape index (κ1) is 17.9. The van der Waals surface area contributed by atoms with Crippen LogP contribution < -0.4 is 5.32 Å². The predicted molar refractivity (Wildman–Crippen MR) is 114 cm³/mol. The van der Waals surface area contributed by atoms with E-state index in [-0.39, 0.29) is 5.91 Å². The van der Waals surface area contributed by atoms with Crippen LogP contribution >= 0.6 is 11.6 Å². The van der Waals surface area contributed by atoms with Crippen LogP contribution in [0.2, 0.25) is 5.02 Å². The fourth-order valence-corrected chi connectivity index (χ4v) is 3.38. The summed E-state index contributed by atoms with van der Waals surface area (Å²) in [6.45, 7) is 3.49. The molecule has 0 saturated carbocycles. The molecule has 0 aliphatic rings. The summed E-state index contributed by atoms with van der Waals surface area (Å²) in [7, 11) is 0. The lowest BCUT2D eigenvalue weighted by molar-refractivity contribution is -0.111. The van der Waals surface area contributed by atoms with Crippen molar-refractivity contribution in [2.45, 2.75) is 0 Å². The molecular weight excluding hydrogens is 370 g/mol. The van der Waals surface area contributed by atoms with Crippen LogP contribution in [0.15, 0.2) is 85.8 Å². The molecule has 0 spiro atoms. The normalized spacial score (nSPS) is 10.6. The van der Waals surface area contributed by atoms with Crippen LogP contribution in [0.3, 0.4) is 0 Å². The van der Waals surface area contributed by atoms with E-state index >= 15 is 0 Å². The van der Waals surface area contributed by atoms with Gasteiger partial charge in [0.2, 0.25) is 5.91 Å². The molecule has 1 aromatic heterocycles. The zero-order valence-electron chi connectivity index (χ0n) is 14.9. The maximum atomic E-state index is 11.7. The highest BCUT2D eigenvalue weighted by Crippen LogP contribution is 2.36. The number of nitrogens with zero attached hydrogens (tertiary/aromatic N) is 2. The van der Waals surface area contributed by atoms with Crippen LogP contribution in [-0.2, 0) is 4.79 Å². The number of aromatic nitrogens is 2. The highest BCUT2D eigenvalue weighted by Gasteiger charge is 2.12. The number of rotatable bonds is 4. The van der Waals surface area contributed by atoms with Crippen LogP contribution in [0.1, 0.15) is 0 Å². The molecule has 0 unspecified atom stereocenters. The van der Waals surface area contributed by atoms with E-state index in [2.05, 4.69) is 27.9 Å². The molecule has 136 valence electrons.